The van der Waals surface area contributed by atoms with Gasteiger partial charge in [0.25, 0.3) is 0 Å². The van der Waals surface area contributed by atoms with E-state index in [9.17, 15) is 9.59 Å². The highest BCUT2D eigenvalue weighted by molar-refractivity contribution is 5.85. The molecule has 0 radical (unpaired) electrons. The Morgan fingerprint density at radius 3 is 2.93 bits per heavy atom. The maximum absolute atomic E-state index is 12.9. The minimum atomic E-state index is -1.05. The molecule has 2 saturated heterocycles. The Bertz CT molecular complexity index is 734. The first kappa shape index (κ1) is 19.6. The first-order chi connectivity index (χ1) is 13.3. The number of azo groups is 1. The molecule has 4 aliphatic rings. The zero-order valence-corrected chi connectivity index (χ0v) is 17.1. The summed E-state index contributed by atoms with van der Waals surface area (Å²) >= 11 is 0. The van der Waals surface area contributed by atoms with E-state index >= 15 is 0 Å². The first-order valence-electron chi connectivity index (χ1n) is 10.4. The molecule has 0 bridgehead atoms. The minimum absolute atomic E-state index is 0.149. The van der Waals surface area contributed by atoms with Gasteiger partial charge in [0, 0.05) is 12.8 Å². The van der Waals surface area contributed by atoms with Gasteiger partial charge in [-0.3, -0.25) is 4.79 Å². The van der Waals surface area contributed by atoms with Crippen molar-refractivity contribution in [2.75, 3.05) is 6.54 Å². The average Bonchev–Trinajstić information content (AvgIpc) is 2.97. The van der Waals surface area contributed by atoms with Gasteiger partial charge in [0.2, 0.25) is 0 Å². The molecule has 7 heteroatoms. The monoisotopic (exact) mass is 390 g/mol. The summed E-state index contributed by atoms with van der Waals surface area (Å²) in [5.74, 6) is -1.17. The van der Waals surface area contributed by atoms with Crippen molar-refractivity contribution >= 4 is 11.9 Å². The Balaban J connectivity index is 1.74. The van der Waals surface area contributed by atoms with Gasteiger partial charge in [0.15, 0.2) is 5.54 Å². The molecule has 7 nitrogen and oxygen atoms in total. The second-order valence-corrected chi connectivity index (χ2v) is 8.99. The summed E-state index contributed by atoms with van der Waals surface area (Å²) in [7, 11) is 0. The number of hydrogen-bond donors (Lipinski definition) is 0. The molecule has 1 aliphatic carbocycles. The van der Waals surface area contributed by atoms with Gasteiger partial charge in [-0.25, -0.2) is 4.79 Å². The minimum Gasteiger partial charge on any atom is -0.461 e. The SMILES string of the molecule is CCC(C)C(=O)OC1CC2(C)OC2CCC(C)=CC2OC(=O)C3(CCN=N3)C21. The van der Waals surface area contributed by atoms with Crippen LogP contribution < -0.4 is 0 Å². The Morgan fingerprint density at radius 2 is 2.25 bits per heavy atom. The molecule has 0 aromatic rings. The smallest absolute Gasteiger partial charge is 0.337 e. The van der Waals surface area contributed by atoms with Crippen molar-refractivity contribution in [1.29, 1.82) is 0 Å². The molecule has 2 fully saturated rings. The molecule has 3 heterocycles. The third-order valence-electron chi connectivity index (χ3n) is 6.92. The van der Waals surface area contributed by atoms with Crippen molar-refractivity contribution in [2.45, 2.75) is 89.3 Å². The number of carbonyl (C=O) groups excluding carboxylic acids is 2. The van der Waals surface area contributed by atoms with Crippen molar-refractivity contribution in [3.8, 4) is 0 Å². The van der Waals surface area contributed by atoms with E-state index in [0.29, 0.717) is 25.8 Å². The van der Waals surface area contributed by atoms with E-state index in [2.05, 4.69) is 17.2 Å². The zero-order chi connectivity index (χ0) is 20.1. The van der Waals surface area contributed by atoms with Crippen LogP contribution in [0.25, 0.3) is 0 Å². The maximum Gasteiger partial charge on any atom is 0.337 e. The molecular formula is C21H30N2O5. The van der Waals surface area contributed by atoms with Crippen LogP contribution in [-0.2, 0) is 23.8 Å². The normalized spacial score (nSPS) is 43.0. The average molecular weight is 390 g/mol. The molecule has 7 unspecified atom stereocenters. The van der Waals surface area contributed by atoms with Gasteiger partial charge in [-0.2, -0.15) is 10.2 Å². The summed E-state index contributed by atoms with van der Waals surface area (Å²) in [6, 6.07) is 0. The Labute approximate surface area is 165 Å². The second kappa shape index (κ2) is 6.94. The van der Waals surface area contributed by atoms with E-state index in [1.165, 1.54) is 0 Å². The van der Waals surface area contributed by atoms with E-state index in [0.717, 1.165) is 18.4 Å². The van der Waals surface area contributed by atoms with Crippen LogP contribution >= 0.6 is 0 Å². The lowest BCUT2D eigenvalue weighted by molar-refractivity contribution is -0.159. The molecule has 0 N–H and O–H groups in total. The summed E-state index contributed by atoms with van der Waals surface area (Å²) in [4.78, 5) is 25.6. The van der Waals surface area contributed by atoms with Gasteiger partial charge in [0.1, 0.15) is 12.2 Å². The zero-order valence-electron chi connectivity index (χ0n) is 17.1. The van der Waals surface area contributed by atoms with E-state index in [1.807, 2.05) is 26.8 Å². The largest absolute Gasteiger partial charge is 0.461 e. The fourth-order valence-corrected chi connectivity index (χ4v) is 4.82. The lowest BCUT2D eigenvalue weighted by Crippen LogP contribution is -2.48. The van der Waals surface area contributed by atoms with Gasteiger partial charge in [-0.15, -0.1) is 0 Å². The number of fused-ring (bicyclic) bond motifs is 3. The highest BCUT2D eigenvalue weighted by Crippen LogP contribution is 2.51. The van der Waals surface area contributed by atoms with Crippen LogP contribution in [0.2, 0.25) is 0 Å². The van der Waals surface area contributed by atoms with Gasteiger partial charge < -0.3 is 14.2 Å². The van der Waals surface area contributed by atoms with Crippen LogP contribution in [-0.4, -0.2) is 47.9 Å². The molecule has 0 aromatic heterocycles. The Kier molecular flexibility index (Phi) is 4.84. The number of nitrogens with zero attached hydrogens (tertiary/aromatic N) is 2. The Hall–Kier alpha value is -1.76. The summed E-state index contributed by atoms with van der Waals surface area (Å²) in [6.07, 6.45) is 4.76. The highest BCUT2D eigenvalue weighted by atomic mass is 16.6. The number of hydrogen-bond acceptors (Lipinski definition) is 7. The van der Waals surface area contributed by atoms with Crippen LogP contribution in [0.15, 0.2) is 21.9 Å². The summed E-state index contributed by atoms with van der Waals surface area (Å²) in [5, 5.41) is 8.47. The van der Waals surface area contributed by atoms with Crippen LogP contribution in [0, 0.1) is 11.8 Å². The number of esters is 2. The van der Waals surface area contributed by atoms with Crippen molar-refractivity contribution < 1.29 is 23.8 Å². The molecular weight excluding hydrogens is 360 g/mol. The predicted octanol–water partition coefficient (Wildman–Crippen LogP) is 3.37. The van der Waals surface area contributed by atoms with Crippen molar-refractivity contribution in [3.63, 3.8) is 0 Å². The maximum atomic E-state index is 12.9. The third-order valence-corrected chi connectivity index (χ3v) is 6.92. The van der Waals surface area contributed by atoms with Crippen molar-refractivity contribution in [1.82, 2.24) is 0 Å². The topological polar surface area (TPSA) is 89.8 Å². The first-order valence-corrected chi connectivity index (χ1v) is 10.4. The number of allylic oxidation sites excluding steroid dienone is 1. The molecule has 7 atom stereocenters. The predicted molar refractivity (Wildman–Crippen MR) is 101 cm³/mol. The number of carbonyl (C=O) groups is 2. The van der Waals surface area contributed by atoms with Gasteiger partial charge in [-0.1, -0.05) is 19.4 Å². The highest BCUT2D eigenvalue weighted by Gasteiger charge is 2.65. The molecule has 3 aliphatic heterocycles. The second-order valence-electron chi connectivity index (χ2n) is 8.99. The summed E-state index contributed by atoms with van der Waals surface area (Å²) in [5.41, 5.74) is -0.242. The van der Waals surface area contributed by atoms with E-state index < -0.39 is 17.7 Å². The van der Waals surface area contributed by atoms with Crippen LogP contribution in [0.5, 0.6) is 0 Å². The quantitative estimate of drug-likeness (QED) is 0.419. The third kappa shape index (κ3) is 3.17. The lowest BCUT2D eigenvalue weighted by atomic mass is 9.74. The van der Waals surface area contributed by atoms with Gasteiger partial charge in [-0.05, 0) is 39.2 Å². The van der Waals surface area contributed by atoms with Crippen LogP contribution in [0.1, 0.15) is 59.8 Å². The number of rotatable bonds is 3. The fraction of sp³-hybridized carbons (Fsp3) is 0.810. The standard InChI is InChI=1S/C21H30N2O5/c1-5-13(3)18(24)26-15-11-20(4)16(28-20)7-6-12(2)10-14-17(15)21(19(25)27-14)8-9-22-23-21/h10,13-17H,5-9,11H2,1-4H3. The Morgan fingerprint density at radius 1 is 1.46 bits per heavy atom. The number of epoxide rings is 1. The lowest BCUT2D eigenvalue weighted by Gasteiger charge is -2.33. The van der Waals surface area contributed by atoms with E-state index in [4.69, 9.17) is 14.2 Å². The van der Waals surface area contributed by atoms with Crippen LogP contribution in [0.4, 0.5) is 0 Å². The van der Waals surface area contributed by atoms with E-state index in [1.54, 1.807) is 0 Å². The fourth-order valence-electron chi connectivity index (χ4n) is 4.82. The summed E-state index contributed by atoms with van der Waals surface area (Å²) < 4.78 is 17.8. The molecule has 4 rings (SSSR count). The summed E-state index contributed by atoms with van der Waals surface area (Å²) in [6.45, 7) is 8.43. The molecule has 0 aromatic carbocycles. The van der Waals surface area contributed by atoms with Crippen LogP contribution in [0.3, 0.4) is 0 Å². The molecule has 28 heavy (non-hydrogen) atoms. The number of ether oxygens (including phenoxy) is 3. The van der Waals surface area contributed by atoms with Crippen molar-refractivity contribution in [3.05, 3.63) is 11.6 Å². The van der Waals surface area contributed by atoms with Gasteiger partial charge >= 0.3 is 11.9 Å². The van der Waals surface area contributed by atoms with E-state index in [-0.39, 0.29) is 35.5 Å². The molecule has 0 saturated carbocycles. The molecule has 1 spiro atoms. The van der Waals surface area contributed by atoms with Crippen molar-refractivity contribution in [2.24, 2.45) is 22.1 Å². The molecule has 154 valence electrons. The molecule has 0 amide bonds. The van der Waals surface area contributed by atoms with Gasteiger partial charge in [0.05, 0.1) is 30.1 Å².